The number of rotatable bonds is 14. The Morgan fingerprint density at radius 1 is 0.757 bits per heavy atom. The van der Waals surface area contributed by atoms with Crippen LogP contribution >= 0.6 is 0 Å². The minimum absolute atomic E-state index is 0.619. The van der Waals surface area contributed by atoms with E-state index in [-0.39, 0.29) is 0 Å². The molecule has 0 aromatic carbocycles. The second-order valence-corrected chi connectivity index (χ2v) is 15.2. The summed E-state index contributed by atoms with van der Waals surface area (Å²) in [6, 6.07) is 0.767. The number of nitrogens with two attached hydrogens (primary N) is 1. The molecule has 3 heteroatoms. The summed E-state index contributed by atoms with van der Waals surface area (Å²) in [5.41, 5.74) is 6.85. The molecule has 9 atom stereocenters. The van der Waals surface area contributed by atoms with Crippen molar-refractivity contribution in [2.24, 2.45) is 58.0 Å². The summed E-state index contributed by atoms with van der Waals surface area (Å²) in [5, 5.41) is 7.56. The van der Waals surface area contributed by atoms with E-state index in [1.54, 1.807) is 12.8 Å². The van der Waals surface area contributed by atoms with Gasteiger partial charge in [0.2, 0.25) is 0 Å². The Kier molecular flexibility index (Phi) is 10.9. The molecule has 3 nitrogen and oxygen atoms in total. The van der Waals surface area contributed by atoms with E-state index in [2.05, 4.69) is 45.3 Å². The zero-order valence-corrected chi connectivity index (χ0v) is 25.6. The molecule has 0 aromatic heterocycles. The van der Waals surface area contributed by atoms with Gasteiger partial charge < -0.3 is 16.4 Å². The van der Waals surface area contributed by atoms with Gasteiger partial charge in [-0.2, -0.15) is 0 Å². The van der Waals surface area contributed by atoms with Crippen molar-refractivity contribution < 1.29 is 0 Å². The van der Waals surface area contributed by atoms with Crippen molar-refractivity contribution in [2.75, 3.05) is 26.2 Å². The van der Waals surface area contributed by atoms with Crippen LogP contribution < -0.4 is 16.4 Å². The quantitative estimate of drug-likeness (QED) is 0.207. The molecule has 0 bridgehead atoms. The van der Waals surface area contributed by atoms with E-state index in [0.29, 0.717) is 10.8 Å². The Morgan fingerprint density at radius 3 is 2.30 bits per heavy atom. The maximum Gasteiger partial charge on any atom is 0.00701 e. The van der Waals surface area contributed by atoms with Crippen LogP contribution in [0.4, 0.5) is 0 Å². The lowest BCUT2D eigenvalue weighted by atomic mass is 9.44. The van der Waals surface area contributed by atoms with Gasteiger partial charge in [0, 0.05) is 6.04 Å². The average Bonchev–Trinajstić information content (AvgIpc) is 3.22. The fourth-order valence-electron chi connectivity index (χ4n) is 10.5. The minimum Gasteiger partial charge on any atom is -0.330 e. The largest absolute Gasteiger partial charge is 0.330 e. The molecule has 4 aliphatic rings. The first-order valence-electron chi connectivity index (χ1n) is 16.9. The van der Waals surface area contributed by atoms with E-state index >= 15 is 0 Å². The zero-order chi connectivity index (χ0) is 26.5. The van der Waals surface area contributed by atoms with Gasteiger partial charge in [-0.1, -0.05) is 53.9 Å². The fraction of sp³-hybridized carbons (Fsp3) is 1.00. The highest BCUT2D eigenvalue weighted by atomic mass is 14.9. The van der Waals surface area contributed by atoms with Crippen LogP contribution in [0.2, 0.25) is 0 Å². The van der Waals surface area contributed by atoms with Crippen LogP contribution in [0.5, 0.6) is 0 Å². The smallest absolute Gasteiger partial charge is 0.00701 e. The number of unbranched alkanes of at least 4 members (excludes halogenated alkanes) is 1. The number of nitrogens with one attached hydrogen (secondary N) is 2. The van der Waals surface area contributed by atoms with Gasteiger partial charge in [0.1, 0.15) is 0 Å². The molecule has 0 radical (unpaired) electrons. The number of hydrogen-bond donors (Lipinski definition) is 3. The fourth-order valence-corrected chi connectivity index (χ4v) is 10.5. The molecule has 0 heterocycles. The van der Waals surface area contributed by atoms with Crippen molar-refractivity contribution >= 4 is 0 Å². The van der Waals surface area contributed by atoms with Crippen molar-refractivity contribution in [1.29, 1.82) is 0 Å². The maximum absolute atomic E-state index is 5.59. The van der Waals surface area contributed by atoms with Crippen LogP contribution in [0.15, 0.2) is 0 Å². The third kappa shape index (κ3) is 6.79. The van der Waals surface area contributed by atoms with Gasteiger partial charge in [0.05, 0.1) is 0 Å². The first kappa shape index (κ1) is 29.9. The van der Waals surface area contributed by atoms with E-state index in [9.17, 15) is 0 Å². The minimum atomic E-state index is 0.619. The van der Waals surface area contributed by atoms with Crippen LogP contribution in [0, 0.1) is 52.3 Å². The molecule has 4 fully saturated rings. The van der Waals surface area contributed by atoms with Crippen LogP contribution in [0.25, 0.3) is 0 Å². The van der Waals surface area contributed by atoms with Gasteiger partial charge >= 0.3 is 0 Å². The Bertz CT molecular complexity index is 678. The van der Waals surface area contributed by atoms with Gasteiger partial charge in [-0.15, -0.1) is 0 Å². The molecule has 0 spiro atoms. The maximum atomic E-state index is 5.59. The summed E-state index contributed by atoms with van der Waals surface area (Å²) in [4.78, 5) is 0. The number of hydrogen-bond acceptors (Lipinski definition) is 3. The Balaban J connectivity index is 1.26. The monoisotopic (exact) mass is 516 g/mol. The third-order valence-corrected chi connectivity index (χ3v) is 12.6. The Morgan fingerprint density at radius 2 is 1.51 bits per heavy atom. The average molecular weight is 516 g/mol. The van der Waals surface area contributed by atoms with Crippen molar-refractivity contribution in [3.05, 3.63) is 0 Å². The van der Waals surface area contributed by atoms with Crippen LogP contribution in [-0.4, -0.2) is 32.2 Å². The third-order valence-electron chi connectivity index (χ3n) is 12.6. The SMILES string of the molecule is CC(C)CCCC(C)[C@H]1CCC2C3CCC4CC(NCCCNCCCCN)CC[C@]4(C)C3CC[C@@]21C. The molecule has 216 valence electrons. The second-order valence-electron chi connectivity index (χ2n) is 15.2. The molecule has 0 aliphatic heterocycles. The molecule has 0 aromatic rings. The Labute approximate surface area is 231 Å². The summed E-state index contributed by atoms with van der Waals surface area (Å²) < 4.78 is 0. The highest BCUT2D eigenvalue weighted by Gasteiger charge is 2.60. The highest BCUT2D eigenvalue weighted by molar-refractivity contribution is 5.10. The molecular weight excluding hydrogens is 450 g/mol. The molecule has 4 saturated carbocycles. The van der Waals surface area contributed by atoms with Crippen LogP contribution in [0.3, 0.4) is 0 Å². The number of fused-ring (bicyclic) bond motifs is 5. The molecule has 37 heavy (non-hydrogen) atoms. The predicted octanol–water partition coefficient (Wildman–Crippen LogP) is 7.78. The van der Waals surface area contributed by atoms with E-state index in [1.807, 2.05) is 0 Å². The summed E-state index contributed by atoms with van der Waals surface area (Å²) in [6.45, 7) is 17.2. The first-order valence-corrected chi connectivity index (χ1v) is 16.9. The van der Waals surface area contributed by atoms with E-state index < -0.39 is 0 Å². The zero-order valence-electron chi connectivity index (χ0n) is 25.6. The van der Waals surface area contributed by atoms with E-state index in [0.717, 1.165) is 73.5 Å². The Hall–Kier alpha value is -0.120. The van der Waals surface area contributed by atoms with E-state index in [1.165, 1.54) is 83.6 Å². The molecule has 0 amide bonds. The van der Waals surface area contributed by atoms with Crippen molar-refractivity contribution in [1.82, 2.24) is 10.6 Å². The van der Waals surface area contributed by atoms with Crippen LogP contribution in [0.1, 0.15) is 131 Å². The lowest BCUT2D eigenvalue weighted by Crippen LogP contribution is -2.55. The molecule has 6 unspecified atom stereocenters. The summed E-state index contributed by atoms with van der Waals surface area (Å²) in [6.07, 6.45) is 21.5. The topological polar surface area (TPSA) is 50.1 Å². The lowest BCUT2D eigenvalue weighted by Gasteiger charge is -2.61. The summed E-state index contributed by atoms with van der Waals surface area (Å²) >= 11 is 0. The van der Waals surface area contributed by atoms with Crippen molar-refractivity contribution in [2.45, 2.75) is 137 Å². The molecule has 0 saturated heterocycles. The normalized spacial score (nSPS) is 40.3. The van der Waals surface area contributed by atoms with E-state index in [4.69, 9.17) is 5.73 Å². The lowest BCUT2D eigenvalue weighted by molar-refractivity contribution is -0.118. The van der Waals surface area contributed by atoms with Gasteiger partial charge in [0.15, 0.2) is 0 Å². The first-order chi connectivity index (χ1) is 17.8. The summed E-state index contributed by atoms with van der Waals surface area (Å²) in [7, 11) is 0. The van der Waals surface area contributed by atoms with Crippen LogP contribution in [-0.2, 0) is 0 Å². The van der Waals surface area contributed by atoms with Gasteiger partial charge in [0.25, 0.3) is 0 Å². The molecule has 4 N–H and O–H groups in total. The van der Waals surface area contributed by atoms with Gasteiger partial charge in [-0.25, -0.2) is 0 Å². The van der Waals surface area contributed by atoms with Gasteiger partial charge in [-0.3, -0.25) is 0 Å². The predicted molar refractivity (Wildman–Crippen MR) is 161 cm³/mol. The molecular formula is C34H65N3. The standard InChI is InChI=1S/C34H65N3/c1-25(2)10-8-11-26(3)30-14-15-31-29-13-12-27-24-28(37-23-9-22-36-21-7-6-20-35)16-18-33(27,4)32(29)17-19-34(30,31)5/h25-32,36-37H,6-24,35H2,1-5H3/t26?,27?,28?,29?,30-,31?,32?,33+,34-/m1/s1. The van der Waals surface area contributed by atoms with Gasteiger partial charge in [-0.05, 0) is 155 Å². The van der Waals surface area contributed by atoms with Crippen molar-refractivity contribution in [3.63, 3.8) is 0 Å². The van der Waals surface area contributed by atoms with Crippen molar-refractivity contribution in [3.8, 4) is 0 Å². The second kappa shape index (κ2) is 13.5. The molecule has 4 aliphatic carbocycles. The highest BCUT2D eigenvalue weighted by Crippen LogP contribution is 2.68. The molecule has 4 rings (SSSR count). The summed E-state index contributed by atoms with van der Waals surface area (Å²) in [5.74, 6) is 6.82.